The smallest absolute Gasteiger partial charge is 0.161 e. The molecule has 0 aromatic heterocycles. The van der Waals surface area contributed by atoms with Crippen LogP contribution in [0.3, 0.4) is 0 Å². The summed E-state index contributed by atoms with van der Waals surface area (Å²) in [4.78, 5) is 0. The highest BCUT2D eigenvalue weighted by Crippen LogP contribution is 2.27. The van der Waals surface area contributed by atoms with E-state index in [0.717, 1.165) is 31.0 Å². The number of hydrogen-bond donors (Lipinski definition) is 1. The van der Waals surface area contributed by atoms with E-state index in [1.54, 1.807) is 7.11 Å². The summed E-state index contributed by atoms with van der Waals surface area (Å²) in [5, 5.41) is 3.38. The third-order valence-electron chi connectivity index (χ3n) is 2.96. The lowest BCUT2D eigenvalue weighted by atomic mass is 9.90. The average Bonchev–Trinajstić information content (AvgIpc) is 2.37. The van der Waals surface area contributed by atoms with Crippen LogP contribution in [0.4, 0.5) is 0 Å². The fourth-order valence-corrected chi connectivity index (χ4v) is 1.73. The molecule has 18 heavy (non-hydrogen) atoms. The first-order valence-electron chi connectivity index (χ1n) is 6.55. The quantitative estimate of drug-likeness (QED) is 0.770. The van der Waals surface area contributed by atoms with Crippen LogP contribution in [-0.2, 0) is 0 Å². The van der Waals surface area contributed by atoms with Crippen molar-refractivity contribution in [3.63, 3.8) is 0 Å². The molecule has 0 atom stereocenters. The van der Waals surface area contributed by atoms with Crippen molar-refractivity contribution in [3.05, 3.63) is 24.3 Å². The number of rotatable bonds is 8. The van der Waals surface area contributed by atoms with Gasteiger partial charge in [0.25, 0.3) is 0 Å². The Balaban J connectivity index is 2.41. The Labute approximate surface area is 110 Å². The van der Waals surface area contributed by atoms with E-state index in [2.05, 4.69) is 26.1 Å². The summed E-state index contributed by atoms with van der Waals surface area (Å²) < 4.78 is 11.0. The van der Waals surface area contributed by atoms with Crippen LogP contribution in [0.25, 0.3) is 0 Å². The van der Waals surface area contributed by atoms with Crippen molar-refractivity contribution in [2.75, 3.05) is 26.8 Å². The summed E-state index contributed by atoms with van der Waals surface area (Å²) in [6.07, 6.45) is 1.01. The van der Waals surface area contributed by atoms with Gasteiger partial charge < -0.3 is 14.8 Å². The highest BCUT2D eigenvalue weighted by Gasteiger charge is 2.17. The van der Waals surface area contributed by atoms with Gasteiger partial charge in [0.15, 0.2) is 11.5 Å². The lowest BCUT2D eigenvalue weighted by molar-refractivity contribution is 0.217. The van der Waals surface area contributed by atoms with Crippen LogP contribution in [0.1, 0.15) is 27.2 Å². The molecule has 1 N–H and O–H groups in total. The molecule has 1 aromatic carbocycles. The molecule has 0 radical (unpaired) electrons. The van der Waals surface area contributed by atoms with Gasteiger partial charge in [-0.15, -0.1) is 0 Å². The predicted molar refractivity (Wildman–Crippen MR) is 75.4 cm³/mol. The van der Waals surface area contributed by atoms with Crippen molar-refractivity contribution in [2.45, 2.75) is 27.2 Å². The Hall–Kier alpha value is -1.22. The van der Waals surface area contributed by atoms with Crippen molar-refractivity contribution in [3.8, 4) is 11.5 Å². The molecular weight excluding hydrogens is 226 g/mol. The number of nitrogens with one attached hydrogen (secondary N) is 1. The topological polar surface area (TPSA) is 30.5 Å². The highest BCUT2D eigenvalue weighted by molar-refractivity contribution is 5.39. The maximum Gasteiger partial charge on any atom is 0.161 e. The summed E-state index contributed by atoms with van der Waals surface area (Å²) in [6, 6.07) is 7.76. The summed E-state index contributed by atoms with van der Waals surface area (Å²) in [5.41, 5.74) is 0.248. The SMILES string of the molecule is CCNCC(C)(C)CCOc1ccccc1OC. The van der Waals surface area contributed by atoms with Crippen LogP contribution >= 0.6 is 0 Å². The standard InChI is InChI=1S/C15H25NO2/c1-5-16-12-15(2,3)10-11-18-14-9-7-6-8-13(14)17-4/h6-9,16H,5,10-12H2,1-4H3. The molecule has 3 nitrogen and oxygen atoms in total. The largest absolute Gasteiger partial charge is 0.493 e. The predicted octanol–water partition coefficient (Wildman–Crippen LogP) is 3.10. The molecule has 0 spiro atoms. The van der Waals surface area contributed by atoms with Crippen LogP contribution in [0.2, 0.25) is 0 Å². The van der Waals surface area contributed by atoms with Gasteiger partial charge in [-0.1, -0.05) is 32.9 Å². The first-order chi connectivity index (χ1) is 8.59. The van der Waals surface area contributed by atoms with Gasteiger partial charge in [-0.05, 0) is 30.5 Å². The van der Waals surface area contributed by atoms with Crippen LogP contribution < -0.4 is 14.8 Å². The zero-order valence-corrected chi connectivity index (χ0v) is 12.0. The number of para-hydroxylation sites is 2. The fourth-order valence-electron chi connectivity index (χ4n) is 1.73. The van der Waals surface area contributed by atoms with Gasteiger partial charge in [0.05, 0.1) is 13.7 Å². The van der Waals surface area contributed by atoms with E-state index >= 15 is 0 Å². The Morgan fingerprint density at radius 3 is 2.44 bits per heavy atom. The molecule has 1 rings (SSSR count). The third kappa shape index (κ3) is 4.96. The van der Waals surface area contributed by atoms with Gasteiger partial charge in [0.1, 0.15) is 0 Å². The van der Waals surface area contributed by atoms with Gasteiger partial charge in [-0.25, -0.2) is 0 Å². The minimum atomic E-state index is 0.248. The molecule has 0 saturated carbocycles. The molecule has 3 heteroatoms. The normalized spacial score (nSPS) is 11.3. The number of ether oxygens (including phenoxy) is 2. The van der Waals surface area contributed by atoms with E-state index < -0.39 is 0 Å². The van der Waals surface area contributed by atoms with Crippen molar-refractivity contribution in [1.29, 1.82) is 0 Å². The summed E-state index contributed by atoms with van der Waals surface area (Å²) in [5.74, 6) is 1.61. The molecule has 0 heterocycles. The van der Waals surface area contributed by atoms with Crippen LogP contribution in [0.15, 0.2) is 24.3 Å². The molecule has 0 aliphatic rings. The minimum Gasteiger partial charge on any atom is -0.493 e. The summed E-state index contributed by atoms with van der Waals surface area (Å²) >= 11 is 0. The van der Waals surface area contributed by atoms with E-state index in [9.17, 15) is 0 Å². The zero-order chi connectivity index (χ0) is 13.4. The summed E-state index contributed by atoms with van der Waals surface area (Å²) in [6.45, 7) is 9.36. The summed E-state index contributed by atoms with van der Waals surface area (Å²) in [7, 11) is 1.66. The third-order valence-corrected chi connectivity index (χ3v) is 2.96. The molecule has 0 saturated heterocycles. The van der Waals surface area contributed by atoms with Crippen LogP contribution in [0.5, 0.6) is 11.5 Å². The van der Waals surface area contributed by atoms with Crippen molar-refractivity contribution < 1.29 is 9.47 Å². The van der Waals surface area contributed by atoms with Crippen molar-refractivity contribution in [2.24, 2.45) is 5.41 Å². The van der Waals surface area contributed by atoms with E-state index in [0.29, 0.717) is 6.61 Å². The van der Waals surface area contributed by atoms with Gasteiger partial charge >= 0.3 is 0 Å². The second-order valence-electron chi connectivity index (χ2n) is 5.19. The van der Waals surface area contributed by atoms with Crippen LogP contribution in [-0.4, -0.2) is 26.8 Å². The Morgan fingerprint density at radius 1 is 1.17 bits per heavy atom. The first kappa shape index (κ1) is 14.8. The molecule has 1 aromatic rings. The van der Waals surface area contributed by atoms with Gasteiger partial charge in [0.2, 0.25) is 0 Å². The van der Waals surface area contributed by atoms with Gasteiger partial charge in [-0.2, -0.15) is 0 Å². The lowest BCUT2D eigenvalue weighted by Crippen LogP contribution is -2.30. The minimum absolute atomic E-state index is 0.248. The lowest BCUT2D eigenvalue weighted by Gasteiger charge is -2.25. The average molecular weight is 251 g/mol. The van der Waals surface area contributed by atoms with E-state index in [1.165, 1.54) is 0 Å². The molecule has 102 valence electrons. The van der Waals surface area contributed by atoms with Gasteiger partial charge in [-0.3, -0.25) is 0 Å². The highest BCUT2D eigenvalue weighted by atomic mass is 16.5. The van der Waals surface area contributed by atoms with Crippen molar-refractivity contribution in [1.82, 2.24) is 5.32 Å². The number of hydrogen-bond acceptors (Lipinski definition) is 3. The second kappa shape index (κ2) is 7.27. The maximum atomic E-state index is 5.79. The van der Waals surface area contributed by atoms with Gasteiger partial charge in [0, 0.05) is 6.54 Å². The Bertz CT molecular complexity index is 350. The number of methoxy groups -OCH3 is 1. The molecule has 0 bridgehead atoms. The Kier molecular flexibility index (Phi) is 5.99. The molecule has 0 aliphatic carbocycles. The second-order valence-corrected chi connectivity index (χ2v) is 5.19. The molecule has 0 aliphatic heterocycles. The first-order valence-corrected chi connectivity index (χ1v) is 6.55. The molecule has 0 unspecified atom stereocenters. The zero-order valence-electron chi connectivity index (χ0n) is 12.0. The van der Waals surface area contributed by atoms with Crippen molar-refractivity contribution >= 4 is 0 Å². The van der Waals surface area contributed by atoms with E-state index in [4.69, 9.17) is 9.47 Å². The van der Waals surface area contributed by atoms with Crippen LogP contribution in [0, 0.1) is 5.41 Å². The van der Waals surface area contributed by atoms with E-state index in [1.807, 2.05) is 24.3 Å². The number of benzene rings is 1. The maximum absolute atomic E-state index is 5.79. The fraction of sp³-hybridized carbons (Fsp3) is 0.600. The molecular formula is C15H25NO2. The molecule has 0 amide bonds. The Morgan fingerprint density at radius 2 is 1.83 bits per heavy atom. The monoisotopic (exact) mass is 251 g/mol. The molecule has 0 fully saturated rings. The van der Waals surface area contributed by atoms with E-state index in [-0.39, 0.29) is 5.41 Å².